The van der Waals surface area contributed by atoms with Gasteiger partial charge in [-0.2, -0.15) is 5.10 Å². The third-order valence-corrected chi connectivity index (χ3v) is 4.49. The highest BCUT2D eigenvalue weighted by atomic mass is 15.3. The average Bonchev–Trinajstić information content (AvgIpc) is 2.96. The van der Waals surface area contributed by atoms with Crippen LogP contribution < -0.4 is 5.32 Å². The van der Waals surface area contributed by atoms with Crippen LogP contribution in [0.25, 0.3) is 0 Å². The van der Waals surface area contributed by atoms with Crippen LogP contribution >= 0.6 is 0 Å². The van der Waals surface area contributed by atoms with E-state index in [0.717, 1.165) is 24.9 Å². The molecule has 0 amide bonds. The van der Waals surface area contributed by atoms with Crippen LogP contribution in [0.3, 0.4) is 0 Å². The van der Waals surface area contributed by atoms with Crippen molar-refractivity contribution in [3.8, 4) is 0 Å². The van der Waals surface area contributed by atoms with Crippen LogP contribution in [0, 0.1) is 5.92 Å². The summed E-state index contributed by atoms with van der Waals surface area (Å²) in [5.41, 5.74) is 1.39. The SMILES string of the molecule is CCn1cc(CC2CCC3CCCC3N2)cn1. The van der Waals surface area contributed by atoms with E-state index in [1.165, 1.54) is 37.7 Å². The Labute approximate surface area is 104 Å². The van der Waals surface area contributed by atoms with Crippen molar-refractivity contribution in [3.05, 3.63) is 18.0 Å². The average molecular weight is 233 g/mol. The molecule has 0 bridgehead atoms. The molecule has 1 aromatic rings. The van der Waals surface area contributed by atoms with Gasteiger partial charge in [0, 0.05) is 24.8 Å². The Morgan fingerprint density at radius 2 is 2.29 bits per heavy atom. The molecule has 0 spiro atoms. The van der Waals surface area contributed by atoms with Gasteiger partial charge in [-0.05, 0) is 50.5 Å². The molecular weight excluding hydrogens is 210 g/mol. The van der Waals surface area contributed by atoms with E-state index in [0.29, 0.717) is 6.04 Å². The number of nitrogens with zero attached hydrogens (tertiary/aromatic N) is 2. The van der Waals surface area contributed by atoms with Gasteiger partial charge < -0.3 is 5.32 Å². The standard InChI is InChI=1S/C14H23N3/c1-2-17-10-11(9-15-17)8-13-7-6-12-4-3-5-14(12)16-13/h9-10,12-14,16H,2-8H2,1H3. The zero-order chi connectivity index (χ0) is 11.7. The molecule has 2 aliphatic rings. The van der Waals surface area contributed by atoms with Gasteiger partial charge in [-0.3, -0.25) is 4.68 Å². The zero-order valence-corrected chi connectivity index (χ0v) is 10.7. The van der Waals surface area contributed by atoms with E-state index < -0.39 is 0 Å². The quantitative estimate of drug-likeness (QED) is 0.868. The van der Waals surface area contributed by atoms with Crippen molar-refractivity contribution in [2.75, 3.05) is 0 Å². The Kier molecular flexibility index (Phi) is 3.19. The molecule has 17 heavy (non-hydrogen) atoms. The molecular formula is C14H23N3. The molecule has 1 aromatic heterocycles. The summed E-state index contributed by atoms with van der Waals surface area (Å²) in [6.07, 6.45) is 12.5. The molecule has 1 saturated carbocycles. The summed E-state index contributed by atoms with van der Waals surface area (Å²) in [4.78, 5) is 0. The molecule has 1 N–H and O–H groups in total. The van der Waals surface area contributed by atoms with E-state index in [2.05, 4.69) is 23.5 Å². The van der Waals surface area contributed by atoms with Crippen LogP contribution in [0.15, 0.2) is 12.4 Å². The van der Waals surface area contributed by atoms with Gasteiger partial charge in [-0.15, -0.1) is 0 Å². The van der Waals surface area contributed by atoms with Gasteiger partial charge in [0.2, 0.25) is 0 Å². The van der Waals surface area contributed by atoms with Crippen molar-refractivity contribution in [1.29, 1.82) is 0 Å². The lowest BCUT2D eigenvalue weighted by Crippen LogP contribution is -2.46. The second-order valence-corrected chi connectivity index (χ2v) is 5.65. The number of aromatic nitrogens is 2. The van der Waals surface area contributed by atoms with Gasteiger partial charge in [0.25, 0.3) is 0 Å². The van der Waals surface area contributed by atoms with Gasteiger partial charge >= 0.3 is 0 Å². The first kappa shape index (κ1) is 11.3. The summed E-state index contributed by atoms with van der Waals surface area (Å²) in [5, 5.41) is 8.21. The third kappa shape index (κ3) is 2.39. The molecule has 3 atom stereocenters. The highest BCUT2D eigenvalue weighted by Crippen LogP contribution is 2.34. The van der Waals surface area contributed by atoms with Crippen LogP contribution in [0.2, 0.25) is 0 Å². The number of hydrogen-bond donors (Lipinski definition) is 1. The minimum atomic E-state index is 0.684. The molecule has 94 valence electrons. The molecule has 0 radical (unpaired) electrons. The van der Waals surface area contributed by atoms with Gasteiger partial charge in [-0.1, -0.05) is 6.42 Å². The minimum Gasteiger partial charge on any atom is -0.311 e. The number of hydrogen-bond acceptors (Lipinski definition) is 2. The van der Waals surface area contributed by atoms with Crippen molar-refractivity contribution in [3.63, 3.8) is 0 Å². The molecule has 1 aliphatic heterocycles. The lowest BCUT2D eigenvalue weighted by Gasteiger charge is -2.33. The second kappa shape index (κ2) is 4.81. The Hall–Kier alpha value is -0.830. The van der Waals surface area contributed by atoms with Crippen molar-refractivity contribution in [2.24, 2.45) is 5.92 Å². The van der Waals surface area contributed by atoms with Crippen LogP contribution in [0.5, 0.6) is 0 Å². The number of aryl methyl sites for hydroxylation is 1. The molecule has 2 fully saturated rings. The topological polar surface area (TPSA) is 29.9 Å². The van der Waals surface area contributed by atoms with Crippen LogP contribution in [0.4, 0.5) is 0 Å². The van der Waals surface area contributed by atoms with E-state index in [1.807, 2.05) is 10.9 Å². The first-order chi connectivity index (χ1) is 8.35. The fraction of sp³-hybridized carbons (Fsp3) is 0.786. The van der Waals surface area contributed by atoms with Crippen molar-refractivity contribution in [1.82, 2.24) is 15.1 Å². The first-order valence-electron chi connectivity index (χ1n) is 7.12. The van der Waals surface area contributed by atoms with Crippen molar-refractivity contribution < 1.29 is 0 Å². The second-order valence-electron chi connectivity index (χ2n) is 5.65. The van der Waals surface area contributed by atoms with Crippen LogP contribution in [-0.2, 0) is 13.0 Å². The summed E-state index contributed by atoms with van der Waals surface area (Å²) in [5.74, 6) is 0.976. The number of nitrogens with one attached hydrogen (secondary N) is 1. The molecule has 2 heterocycles. The predicted molar refractivity (Wildman–Crippen MR) is 68.9 cm³/mol. The monoisotopic (exact) mass is 233 g/mol. The highest BCUT2D eigenvalue weighted by Gasteiger charge is 2.33. The van der Waals surface area contributed by atoms with Crippen LogP contribution in [0.1, 0.15) is 44.6 Å². The minimum absolute atomic E-state index is 0.684. The lowest BCUT2D eigenvalue weighted by molar-refractivity contribution is 0.257. The van der Waals surface area contributed by atoms with E-state index >= 15 is 0 Å². The zero-order valence-electron chi connectivity index (χ0n) is 10.7. The maximum atomic E-state index is 4.36. The Morgan fingerprint density at radius 3 is 3.12 bits per heavy atom. The maximum Gasteiger partial charge on any atom is 0.0522 e. The third-order valence-electron chi connectivity index (χ3n) is 4.49. The molecule has 1 saturated heterocycles. The van der Waals surface area contributed by atoms with Gasteiger partial charge in [0.1, 0.15) is 0 Å². The summed E-state index contributed by atoms with van der Waals surface area (Å²) in [6, 6.07) is 1.50. The largest absolute Gasteiger partial charge is 0.311 e. The molecule has 3 unspecified atom stereocenters. The normalized spacial score (nSPS) is 32.6. The Morgan fingerprint density at radius 1 is 1.35 bits per heavy atom. The first-order valence-corrected chi connectivity index (χ1v) is 7.12. The number of piperidine rings is 1. The van der Waals surface area contributed by atoms with E-state index in [1.54, 1.807) is 0 Å². The van der Waals surface area contributed by atoms with E-state index in [-0.39, 0.29) is 0 Å². The van der Waals surface area contributed by atoms with Crippen LogP contribution in [-0.4, -0.2) is 21.9 Å². The maximum absolute atomic E-state index is 4.36. The van der Waals surface area contributed by atoms with E-state index in [9.17, 15) is 0 Å². The predicted octanol–water partition coefficient (Wildman–Crippen LogP) is 2.37. The summed E-state index contributed by atoms with van der Waals surface area (Å²) >= 11 is 0. The smallest absolute Gasteiger partial charge is 0.0522 e. The fourth-order valence-corrected chi connectivity index (χ4v) is 3.53. The summed E-state index contributed by atoms with van der Waals surface area (Å²) in [6.45, 7) is 3.11. The summed E-state index contributed by atoms with van der Waals surface area (Å²) in [7, 11) is 0. The van der Waals surface area contributed by atoms with E-state index in [4.69, 9.17) is 0 Å². The Bertz CT molecular complexity index is 371. The molecule has 3 nitrogen and oxygen atoms in total. The van der Waals surface area contributed by atoms with Gasteiger partial charge in [0.15, 0.2) is 0 Å². The Balaban J connectivity index is 1.58. The van der Waals surface area contributed by atoms with Gasteiger partial charge in [0.05, 0.1) is 6.20 Å². The number of rotatable bonds is 3. The van der Waals surface area contributed by atoms with Gasteiger partial charge in [-0.25, -0.2) is 0 Å². The van der Waals surface area contributed by atoms with Crippen molar-refractivity contribution >= 4 is 0 Å². The molecule has 3 rings (SSSR count). The summed E-state index contributed by atoms with van der Waals surface area (Å²) < 4.78 is 2.02. The molecule has 1 aliphatic carbocycles. The molecule has 3 heteroatoms. The fourth-order valence-electron chi connectivity index (χ4n) is 3.53. The molecule has 0 aromatic carbocycles. The highest BCUT2D eigenvalue weighted by molar-refractivity contribution is 5.07. The number of fused-ring (bicyclic) bond motifs is 1. The van der Waals surface area contributed by atoms with Crippen molar-refractivity contribution in [2.45, 2.75) is 64.1 Å². The lowest BCUT2D eigenvalue weighted by atomic mass is 9.88.